The molecule has 0 spiro atoms. The van der Waals surface area contributed by atoms with Crippen molar-refractivity contribution in [1.82, 2.24) is 19.9 Å². The van der Waals surface area contributed by atoms with Gasteiger partial charge in [-0.15, -0.1) is 0 Å². The molecule has 180 valence electrons. The van der Waals surface area contributed by atoms with E-state index < -0.39 is 59.2 Å². The van der Waals surface area contributed by atoms with Gasteiger partial charge in [-0.25, -0.2) is 23.1 Å². The van der Waals surface area contributed by atoms with Crippen LogP contribution in [0.3, 0.4) is 0 Å². The van der Waals surface area contributed by atoms with Crippen LogP contribution in [0, 0.1) is 11.6 Å². The van der Waals surface area contributed by atoms with Crippen LogP contribution in [0.2, 0.25) is 0 Å². The van der Waals surface area contributed by atoms with Gasteiger partial charge in [0.15, 0.2) is 17.3 Å². The second-order valence-electron chi connectivity index (χ2n) is 7.72. The molecule has 4 heterocycles. The molecule has 1 unspecified atom stereocenters. The highest BCUT2D eigenvalue weighted by atomic mass is 19.4. The molecule has 1 amide bonds. The van der Waals surface area contributed by atoms with Crippen LogP contribution in [0.15, 0.2) is 35.4 Å². The van der Waals surface area contributed by atoms with Crippen LogP contribution in [0.25, 0.3) is 16.9 Å². The number of rotatable bonds is 5. The number of carbonyl (C=O) groups excluding carboxylic acids is 1. The molecule has 7 nitrogen and oxygen atoms in total. The summed E-state index contributed by atoms with van der Waals surface area (Å²) >= 11 is 0. The van der Waals surface area contributed by atoms with Gasteiger partial charge in [-0.1, -0.05) is 6.92 Å². The Bertz CT molecular complexity index is 1320. The van der Waals surface area contributed by atoms with Crippen molar-refractivity contribution in [3.8, 4) is 5.82 Å². The zero-order valence-corrected chi connectivity index (χ0v) is 17.5. The van der Waals surface area contributed by atoms with Crippen LogP contribution in [0.4, 0.5) is 32.2 Å². The average molecular weight is 485 g/mol. The molecule has 1 N–H and O–H groups in total. The number of carbonyl (C=O) groups is 1. The number of pyridine rings is 3. The maximum Gasteiger partial charge on any atom is 0.408 e. The standard InChI is InChI=1S/C21H17F6N5O2/c1-2-15(21(25,26)27)29-20(34)13-9-32(19-14(24)5-10(22)6-28-19)18-12(17(13)33)3-4-16(30-18)31-7-11(23)8-31/h3-6,9,11,15H,2,7-8H2,1H3,(H,29,34). The van der Waals surface area contributed by atoms with E-state index in [1.165, 1.54) is 19.1 Å². The van der Waals surface area contributed by atoms with Crippen LogP contribution >= 0.6 is 0 Å². The quantitative estimate of drug-likeness (QED) is 0.562. The Kier molecular flexibility index (Phi) is 5.96. The molecule has 1 saturated heterocycles. The minimum absolute atomic E-state index is 0.0439. The van der Waals surface area contributed by atoms with E-state index in [2.05, 4.69) is 9.97 Å². The van der Waals surface area contributed by atoms with Gasteiger partial charge in [0.1, 0.15) is 29.4 Å². The Hall–Kier alpha value is -3.64. The summed E-state index contributed by atoms with van der Waals surface area (Å²) in [6.45, 7) is 1.29. The molecule has 3 aromatic heterocycles. The highest BCUT2D eigenvalue weighted by Gasteiger charge is 2.40. The van der Waals surface area contributed by atoms with Gasteiger partial charge in [0.2, 0.25) is 5.43 Å². The normalized spacial score (nSPS) is 15.3. The highest BCUT2D eigenvalue weighted by Crippen LogP contribution is 2.26. The highest BCUT2D eigenvalue weighted by molar-refractivity contribution is 5.97. The van der Waals surface area contributed by atoms with Crippen LogP contribution < -0.4 is 15.6 Å². The van der Waals surface area contributed by atoms with Crippen molar-refractivity contribution in [2.24, 2.45) is 0 Å². The van der Waals surface area contributed by atoms with Gasteiger partial charge in [0.05, 0.1) is 24.7 Å². The third-order valence-electron chi connectivity index (χ3n) is 5.37. The third-order valence-corrected chi connectivity index (χ3v) is 5.37. The first kappa shape index (κ1) is 23.5. The monoisotopic (exact) mass is 485 g/mol. The van der Waals surface area contributed by atoms with Crippen LogP contribution in [0.5, 0.6) is 0 Å². The topological polar surface area (TPSA) is 80.1 Å². The smallest absolute Gasteiger partial charge is 0.351 e. The first-order chi connectivity index (χ1) is 16.0. The Balaban J connectivity index is 1.90. The minimum atomic E-state index is -4.76. The predicted molar refractivity (Wildman–Crippen MR) is 110 cm³/mol. The number of halogens is 6. The zero-order valence-electron chi connectivity index (χ0n) is 17.5. The predicted octanol–water partition coefficient (Wildman–Crippen LogP) is 3.29. The molecule has 0 radical (unpaired) electrons. The van der Waals surface area contributed by atoms with Gasteiger partial charge in [0.25, 0.3) is 5.91 Å². The van der Waals surface area contributed by atoms with Crippen molar-refractivity contribution in [1.29, 1.82) is 0 Å². The summed E-state index contributed by atoms with van der Waals surface area (Å²) in [6, 6.07) is 0.919. The molecular weight excluding hydrogens is 468 g/mol. The van der Waals surface area contributed by atoms with E-state index in [0.717, 1.165) is 10.8 Å². The maximum absolute atomic E-state index is 14.6. The van der Waals surface area contributed by atoms with E-state index in [4.69, 9.17) is 0 Å². The third kappa shape index (κ3) is 4.29. The van der Waals surface area contributed by atoms with E-state index in [-0.39, 0.29) is 29.9 Å². The summed E-state index contributed by atoms with van der Waals surface area (Å²) in [5.41, 5.74) is -1.86. The molecule has 0 aliphatic carbocycles. The Labute approximate surface area is 188 Å². The Morgan fingerprint density at radius 3 is 2.56 bits per heavy atom. The fraction of sp³-hybridized carbons (Fsp3) is 0.333. The van der Waals surface area contributed by atoms with Crippen LogP contribution in [-0.4, -0.2) is 51.9 Å². The number of alkyl halides is 4. The van der Waals surface area contributed by atoms with Crippen molar-refractivity contribution in [3.05, 3.63) is 58.0 Å². The molecule has 1 fully saturated rings. The molecule has 34 heavy (non-hydrogen) atoms. The Morgan fingerprint density at radius 1 is 1.26 bits per heavy atom. The minimum Gasteiger partial charge on any atom is -0.351 e. The lowest BCUT2D eigenvalue weighted by Gasteiger charge is -2.35. The average Bonchev–Trinajstić information content (AvgIpc) is 2.75. The van der Waals surface area contributed by atoms with Gasteiger partial charge in [-0.05, 0) is 18.6 Å². The summed E-state index contributed by atoms with van der Waals surface area (Å²) in [4.78, 5) is 35.1. The van der Waals surface area contributed by atoms with Crippen molar-refractivity contribution in [3.63, 3.8) is 0 Å². The van der Waals surface area contributed by atoms with Crippen LogP contribution in [0.1, 0.15) is 23.7 Å². The number of aromatic nitrogens is 3. The number of nitrogens with one attached hydrogen (secondary N) is 1. The van der Waals surface area contributed by atoms with Gasteiger partial charge in [-0.3, -0.25) is 14.2 Å². The fourth-order valence-electron chi connectivity index (χ4n) is 3.54. The number of anilines is 1. The number of hydrogen-bond acceptors (Lipinski definition) is 5. The van der Waals surface area contributed by atoms with Crippen molar-refractivity contribution >= 4 is 22.8 Å². The van der Waals surface area contributed by atoms with Gasteiger partial charge in [0, 0.05) is 12.3 Å². The lowest BCUT2D eigenvalue weighted by Crippen LogP contribution is -2.48. The first-order valence-corrected chi connectivity index (χ1v) is 10.1. The van der Waals surface area contributed by atoms with Gasteiger partial charge >= 0.3 is 6.18 Å². The largest absolute Gasteiger partial charge is 0.408 e. The van der Waals surface area contributed by atoms with Gasteiger partial charge in [-0.2, -0.15) is 13.2 Å². The zero-order chi connectivity index (χ0) is 24.8. The van der Waals surface area contributed by atoms with Crippen molar-refractivity contribution in [2.45, 2.75) is 31.7 Å². The number of fused-ring (bicyclic) bond motifs is 1. The molecule has 0 aromatic carbocycles. The summed E-state index contributed by atoms with van der Waals surface area (Å²) < 4.78 is 81.6. The fourth-order valence-corrected chi connectivity index (χ4v) is 3.54. The SMILES string of the molecule is CCC(NC(=O)c1cn(-c2ncc(F)cc2F)c2nc(N3CC(F)C3)ccc2c1=O)C(F)(F)F. The van der Waals surface area contributed by atoms with E-state index in [1.54, 1.807) is 10.2 Å². The summed E-state index contributed by atoms with van der Waals surface area (Å²) in [6.07, 6.45) is -4.82. The second-order valence-corrected chi connectivity index (χ2v) is 7.72. The maximum atomic E-state index is 14.6. The molecule has 1 aliphatic rings. The first-order valence-electron chi connectivity index (χ1n) is 10.1. The summed E-state index contributed by atoms with van der Waals surface area (Å²) in [5.74, 6) is -3.79. The van der Waals surface area contributed by atoms with E-state index in [0.29, 0.717) is 12.3 Å². The summed E-state index contributed by atoms with van der Waals surface area (Å²) in [5, 5.41) is 1.54. The molecule has 0 saturated carbocycles. The molecule has 3 aromatic rings. The van der Waals surface area contributed by atoms with E-state index in [1.807, 2.05) is 0 Å². The molecule has 4 rings (SSSR count). The number of amides is 1. The van der Waals surface area contributed by atoms with Crippen molar-refractivity contribution in [2.75, 3.05) is 18.0 Å². The molecule has 1 atom stereocenters. The number of nitrogens with zero attached hydrogens (tertiary/aromatic N) is 4. The lowest BCUT2D eigenvalue weighted by molar-refractivity contribution is -0.153. The summed E-state index contributed by atoms with van der Waals surface area (Å²) in [7, 11) is 0. The molecule has 1 aliphatic heterocycles. The van der Waals surface area contributed by atoms with E-state index in [9.17, 15) is 35.9 Å². The van der Waals surface area contributed by atoms with Gasteiger partial charge < -0.3 is 10.2 Å². The molecule has 0 bridgehead atoms. The van der Waals surface area contributed by atoms with E-state index >= 15 is 0 Å². The second kappa shape index (κ2) is 8.61. The lowest BCUT2D eigenvalue weighted by atomic mass is 10.1. The molecular formula is C21H17F6N5O2. The molecule has 13 heteroatoms. The number of hydrogen-bond donors (Lipinski definition) is 1. The Morgan fingerprint density at radius 2 is 1.97 bits per heavy atom. The van der Waals surface area contributed by atoms with Crippen LogP contribution in [-0.2, 0) is 0 Å². The van der Waals surface area contributed by atoms with Crippen molar-refractivity contribution < 1.29 is 31.1 Å².